The fourth-order valence-electron chi connectivity index (χ4n) is 2.43. The van der Waals surface area contributed by atoms with Crippen LogP contribution in [0.5, 0.6) is 0 Å². The van der Waals surface area contributed by atoms with Crippen molar-refractivity contribution in [2.75, 3.05) is 26.8 Å². The average Bonchev–Trinajstić information content (AvgIpc) is 2.47. The van der Waals surface area contributed by atoms with E-state index >= 15 is 0 Å². The summed E-state index contributed by atoms with van der Waals surface area (Å²) in [6.07, 6.45) is 1.82. The molecule has 0 amide bonds. The zero-order valence-corrected chi connectivity index (χ0v) is 12.8. The summed E-state index contributed by atoms with van der Waals surface area (Å²) in [5, 5.41) is 8.94. The third kappa shape index (κ3) is 3.79. The lowest BCUT2D eigenvalue weighted by Gasteiger charge is -2.26. The monoisotopic (exact) mass is 317 g/mol. The third-order valence-corrected chi connectivity index (χ3v) is 5.49. The first-order chi connectivity index (χ1) is 9.95. The number of hydrogen-bond acceptors (Lipinski definition) is 4. The topological polar surface area (TPSA) is 66.8 Å². The van der Waals surface area contributed by atoms with E-state index in [2.05, 4.69) is 0 Å². The molecule has 7 heteroatoms. The molecule has 0 radical (unpaired) electrons. The minimum atomic E-state index is -3.87. The predicted molar refractivity (Wildman–Crippen MR) is 75.7 cm³/mol. The van der Waals surface area contributed by atoms with Crippen molar-refractivity contribution in [1.82, 2.24) is 4.31 Å². The van der Waals surface area contributed by atoms with Gasteiger partial charge in [0.25, 0.3) is 0 Å². The van der Waals surface area contributed by atoms with Crippen molar-refractivity contribution in [1.29, 1.82) is 0 Å². The second-order valence-corrected chi connectivity index (χ2v) is 7.30. The Kier molecular flexibility index (Phi) is 5.32. The Morgan fingerprint density at radius 2 is 2.24 bits per heavy atom. The number of rotatable bonds is 5. The standard InChI is InChI=1S/C14H20FNO4S/c1-16(8-12-3-2-6-20-10-12)21(18,19)14-5-4-11(9-17)7-13(14)15/h4-5,7,12,17H,2-3,6,8-10H2,1H3. The Hall–Kier alpha value is -1.02. The van der Waals surface area contributed by atoms with Crippen LogP contribution in [0.25, 0.3) is 0 Å². The van der Waals surface area contributed by atoms with Gasteiger partial charge in [0, 0.05) is 20.2 Å². The van der Waals surface area contributed by atoms with E-state index in [9.17, 15) is 12.8 Å². The van der Waals surface area contributed by atoms with E-state index in [1.54, 1.807) is 0 Å². The van der Waals surface area contributed by atoms with Crippen molar-refractivity contribution in [3.8, 4) is 0 Å². The van der Waals surface area contributed by atoms with E-state index in [1.807, 2.05) is 0 Å². The van der Waals surface area contributed by atoms with Gasteiger partial charge in [-0.3, -0.25) is 0 Å². The van der Waals surface area contributed by atoms with Gasteiger partial charge in [-0.15, -0.1) is 0 Å². The van der Waals surface area contributed by atoms with E-state index < -0.39 is 15.8 Å². The van der Waals surface area contributed by atoms with Crippen LogP contribution in [0.2, 0.25) is 0 Å². The Balaban J connectivity index is 2.16. The highest BCUT2D eigenvalue weighted by atomic mass is 32.2. The largest absolute Gasteiger partial charge is 0.392 e. The molecule has 1 atom stereocenters. The minimum absolute atomic E-state index is 0.137. The summed E-state index contributed by atoms with van der Waals surface area (Å²) < 4.78 is 45.2. The number of sulfonamides is 1. The van der Waals surface area contributed by atoms with Crippen molar-refractivity contribution in [3.63, 3.8) is 0 Å². The van der Waals surface area contributed by atoms with E-state index in [0.717, 1.165) is 18.9 Å². The van der Waals surface area contributed by atoms with Gasteiger partial charge in [0.05, 0.1) is 13.2 Å². The summed E-state index contributed by atoms with van der Waals surface area (Å²) in [7, 11) is -2.43. The first-order valence-corrected chi connectivity index (χ1v) is 8.32. The van der Waals surface area contributed by atoms with Gasteiger partial charge in [-0.2, -0.15) is 0 Å². The molecule has 5 nitrogen and oxygen atoms in total. The van der Waals surface area contributed by atoms with Crippen LogP contribution in [0.1, 0.15) is 18.4 Å². The van der Waals surface area contributed by atoms with E-state index in [4.69, 9.17) is 9.84 Å². The molecule has 118 valence electrons. The third-order valence-electron chi connectivity index (χ3n) is 3.64. The van der Waals surface area contributed by atoms with Gasteiger partial charge in [-0.1, -0.05) is 6.07 Å². The summed E-state index contributed by atoms with van der Waals surface area (Å²) in [5.74, 6) is -0.702. The van der Waals surface area contributed by atoms with Crippen LogP contribution in [0.3, 0.4) is 0 Å². The zero-order valence-electron chi connectivity index (χ0n) is 12.0. The number of aliphatic hydroxyl groups excluding tert-OH is 1. The van der Waals surface area contributed by atoms with Crippen LogP contribution >= 0.6 is 0 Å². The number of ether oxygens (including phenoxy) is 1. The molecule has 1 aliphatic heterocycles. The smallest absolute Gasteiger partial charge is 0.245 e. The maximum atomic E-state index is 13.9. The highest BCUT2D eigenvalue weighted by Crippen LogP contribution is 2.22. The van der Waals surface area contributed by atoms with Crippen molar-refractivity contribution in [2.45, 2.75) is 24.3 Å². The molecule has 1 aromatic carbocycles. The maximum Gasteiger partial charge on any atom is 0.245 e. The lowest BCUT2D eigenvalue weighted by Crippen LogP contribution is -2.35. The molecule has 1 aromatic rings. The molecule has 1 N–H and O–H groups in total. The van der Waals surface area contributed by atoms with Gasteiger partial charge in [0.1, 0.15) is 10.7 Å². The Labute approximate surface area is 124 Å². The molecular formula is C14H20FNO4S. The fraction of sp³-hybridized carbons (Fsp3) is 0.571. The lowest BCUT2D eigenvalue weighted by atomic mass is 10.0. The average molecular weight is 317 g/mol. The molecule has 1 aliphatic rings. The predicted octanol–water partition coefficient (Wildman–Crippen LogP) is 1.37. The maximum absolute atomic E-state index is 13.9. The van der Waals surface area contributed by atoms with Crippen LogP contribution < -0.4 is 0 Å². The van der Waals surface area contributed by atoms with Crippen LogP contribution in [0.4, 0.5) is 4.39 Å². The molecule has 21 heavy (non-hydrogen) atoms. The van der Waals surface area contributed by atoms with Gasteiger partial charge >= 0.3 is 0 Å². The summed E-state index contributed by atoms with van der Waals surface area (Å²) in [6.45, 7) is 1.23. The minimum Gasteiger partial charge on any atom is -0.392 e. The molecule has 0 saturated carbocycles. The Morgan fingerprint density at radius 3 is 2.81 bits per heavy atom. The molecule has 0 spiro atoms. The van der Waals surface area contributed by atoms with Gasteiger partial charge in [0.2, 0.25) is 10.0 Å². The van der Waals surface area contributed by atoms with E-state index in [0.29, 0.717) is 25.3 Å². The van der Waals surface area contributed by atoms with Crippen LogP contribution in [0.15, 0.2) is 23.1 Å². The van der Waals surface area contributed by atoms with E-state index in [1.165, 1.54) is 23.5 Å². The lowest BCUT2D eigenvalue weighted by molar-refractivity contribution is 0.0495. The van der Waals surface area contributed by atoms with Crippen LogP contribution in [-0.4, -0.2) is 44.6 Å². The van der Waals surface area contributed by atoms with Crippen molar-refractivity contribution in [3.05, 3.63) is 29.6 Å². The highest BCUT2D eigenvalue weighted by Gasteiger charge is 2.27. The SMILES string of the molecule is CN(CC1CCCOC1)S(=O)(=O)c1ccc(CO)cc1F. The highest BCUT2D eigenvalue weighted by molar-refractivity contribution is 7.89. The van der Waals surface area contributed by atoms with Gasteiger partial charge in [0.15, 0.2) is 0 Å². The molecular weight excluding hydrogens is 297 g/mol. The molecule has 1 fully saturated rings. The molecule has 0 aliphatic carbocycles. The number of benzene rings is 1. The fourth-order valence-corrected chi connectivity index (χ4v) is 3.72. The van der Waals surface area contributed by atoms with Crippen molar-refractivity contribution < 1.29 is 22.7 Å². The van der Waals surface area contributed by atoms with Gasteiger partial charge in [-0.05, 0) is 36.5 Å². The summed E-state index contributed by atoms with van der Waals surface area (Å²) in [5.41, 5.74) is 0.342. The normalized spacial score (nSPS) is 19.9. The number of aliphatic hydroxyl groups is 1. The summed E-state index contributed by atoms with van der Waals surface area (Å²) >= 11 is 0. The Bertz CT molecular complexity index is 585. The molecule has 0 aromatic heterocycles. The van der Waals surface area contributed by atoms with E-state index in [-0.39, 0.29) is 17.4 Å². The molecule has 1 heterocycles. The van der Waals surface area contributed by atoms with Gasteiger partial charge < -0.3 is 9.84 Å². The van der Waals surface area contributed by atoms with Crippen LogP contribution in [0, 0.1) is 11.7 Å². The first kappa shape index (κ1) is 16.4. The summed E-state index contributed by atoms with van der Waals surface area (Å²) in [6, 6.07) is 3.65. The van der Waals surface area contributed by atoms with Crippen molar-refractivity contribution >= 4 is 10.0 Å². The first-order valence-electron chi connectivity index (χ1n) is 6.88. The molecule has 2 rings (SSSR count). The molecule has 1 saturated heterocycles. The number of halogens is 1. The zero-order chi connectivity index (χ0) is 15.5. The van der Waals surface area contributed by atoms with Gasteiger partial charge in [-0.25, -0.2) is 17.1 Å². The second kappa shape index (κ2) is 6.83. The Morgan fingerprint density at radius 1 is 1.48 bits per heavy atom. The quantitative estimate of drug-likeness (QED) is 0.890. The summed E-state index contributed by atoms with van der Waals surface area (Å²) in [4.78, 5) is -0.362. The second-order valence-electron chi connectivity index (χ2n) is 5.29. The van der Waals surface area contributed by atoms with Crippen LogP contribution in [-0.2, 0) is 21.4 Å². The molecule has 0 bridgehead atoms. The van der Waals surface area contributed by atoms with Crippen molar-refractivity contribution in [2.24, 2.45) is 5.92 Å². The number of hydrogen-bond donors (Lipinski definition) is 1. The molecule has 1 unspecified atom stereocenters. The number of nitrogens with zero attached hydrogens (tertiary/aromatic N) is 1.